The molecule has 0 aliphatic heterocycles. The topological polar surface area (TPSA) is 147 Å². The van der Waals surface area contributed by atoms with Crippen LogP contribution in [-0.2, 0) is 24.0 Å². The Morgan fingerprint density at radius 2 is 1.79 bits per heavy atom. The third kappa shape index (κ3) is 10.1. The minimum absolute atomic E-state index is 0.0191. The Balaban J connectivity index is 2.94. The molecule has 34 heavy (non-hydrogen) atoms. The highest BCUT2D eigenvalue weighted by atomic mass is 35.5. The molecular weight excluding hydrogens is 467 g/mol. The highest BCUT2D eigenvalue weighted by molar-refractivity contribution is 6.37. The Labute approximate surface area is 202 Å². The van der Waals surface area contributed by atoms with Crippen molar-refractivity contribution >= 4 is 47.1 Å². The lowest BCUT2D eigenvalue weighted by Crippen LogP contribution is -2.53. The predicted molar refractivity (Wildman–Crippen MR) is 126 cm³/mol. The van der Waals surface area contributed by atoms with Crippen LogP contribution >= 0.6 is 11.6 Å². The quantitative estimate of drug-likeness (QED) is 0.241. The van der Waals surface area contributed by atoms with Crippen molar-refractivity contribution in [2.75, 3.05) is 6.54 Å². The summed E-state index contributed by atoms with van der Waals surface area (Å²) in [6, 6.07) is 1.59. The van der Waals surface area contributed by atoms with E-state index in [0.717, 1.165) is 12.1 Å². The molecule has 0 aliphatic carbocycles. The van der Waals surface area contributed by atoms with Crippen LogP contribution in [0.4, 0.5) is 4.39 Å². The van der Waals surface area contributed by atoms with Crippen LogP contribution in [0.1, 0.15) is 45.6 Å². The summed E-state index contributed by atoms with van der Waals surface area (Å²) < 4.78 is 13.9. The molecule has 1 rings (SSSR count). The number of Topliss-reactive ketones (excluding diaryl/α,β-unsaturated/α-hetero) is 1. The molecule has 11 heteroatoms. The van der Waals surface area contributed by atoms with Gasteiger partial charge < -0.3 is 21.7 Å². The van der Waals surface area contributed by atoms with E-state index >= 15 is 0 Å². The van der Waals surface area contributed by atoms with Crippen molar-refractivity contribution < 1.29 is 28.4 Å². The molecule has 186 valence electrons. The SMILES string of the molecule is CCNC(=O)CCC(NC(=O)C(CC(C)C)NC(=O)/C=C/c1ccc(Cl)cc1F)C(=O)C(N)=O. The number of halogens is 2. The molecule has 1 aromatic carbocycles. The van der Waals surface area contributed by atoms with E-state index in [1.165, 1.54) is 18.2 Å². The van der Waals surface area contributed by atoms with Gasteiger partial charge in [0, 0.05) is 29.6 Å². The van der Waals surface area contributed by atoms with Crippen molar-refractivity contribution in [3.05, 3.63) is 40.7 Å². The molecule has 1 aromatic rings. The van der Waals surface area contributed by atoms with E-state index in [2.05, 4.69) is 16.0 Å². The van der Waals surface area contributed by atoms with Crippen LogP contribution in [-0.4, -0.2) is 48.0 Å². The van der Waals surface area contributed by atoms with Crippen LogP contribution in [0.15, 0.2) is 24.3 Å². The number of carbonyl (C=O) groups is 5. The van der Waals surface area contributed by atoms with Gasteiger partial charge in [0.25, 0.3) is 5.91 Å². The highest BCUT2D eigenvalue weighted by Crippen LogP contribution is 2.15. The second kappa shape index (κ2) is 14.1. The summed E-state index contributed by atoms with van der Waals surface area (Å²) in [5.41, 5.74) is 5.20. The van der Waals surface area contributed by atoms with Gasteiger partial charge in [-0.25, -0.2) is 4.39 Å². The maximum absolute atomic E-state index is 13.9. The van der Waals surface area contributed by atoms with Crippen LogP contribution in [0.5, 0.6) is 0 Å². The lowest BCUT2D eigenvalue weighted by Gasteiger charge is -2.23. The minimum Gasteiger partial charge on any atom is -0.363 e. The van der Waals surface area contributed by atoms with E-state index in [0.29, 0.717) is 6.54 Å². The fraction of sp³-hybridized carbons (Fsp3) is 0.435. The van der Waals surface area contributed by atoms with E-state index in [9.17, 15) is 28.4 Å². The monoisotopic (exact) mass is 496 g/mol. The summed E-state index contributed by atoms with van der Waals surface area (Å²) in [6.07, 6.45) is 2.26. The Morgan fingerprint density at radius 3 is 2.35 bits per heavy atom. The molecule has 2 atom stereocenters. The molecule has 0 saturated heterocycles. The third-order valence-corrected chi connectivity index (χ3v) is 4.86. The van der Waals surface area contributed by atoms with Crippen molar-refractivity contribution in [2.45, 2.75) is 52.1 Å². The molecule has 2 unspecified atom stereocenters. The second-order valence-corrected chi connectivity index (χ2v) is 8.41. The lowest BCUT2D eigenvalue weighted by molar-refractivity contribution is -0.139. The maximum Gasteiger partial charge on any atom is 0.287 e. The first-order valence-corrected chi connectivity index (χ1v) is 11.2. The molecule has 0 spiro atoms. The first kappa shape index (κ1) is 28.8. The number of primary amides is 1. The van der Waals surface area contributed by atoms with Crippen molar-refractivity contribution in [2.24, 2.45) is 11.7 Å². The van der Waals surface area contributed by atoms with Crippen LogP contribution in [0, 0.1) is 11.7 Å². The number of amides is 4. The average Bonchev–Trinajstić information content (AvgIpc) is 2.74. The van der Waals surface area contributed by atoms with Gasteiger partial charge in [0.15, 0.2) is 0 Å². The summed E-state index contributed by atoms with van der Waals surface area (Å²) in [6.45, 7) is 5.76. The molecule has 9 nitrogen and oxygen atoms in total. The number of rotatable bonds is 13. The van der Waals surface area contributed by atoms with Gasteiger partial charge in [-0.15, -0.1) is 0 Å². The van der Waals surface area contributed by atoms with Crippen molar-refractivity contribution in [3.8, 4) is 0 Å². The number of nitrogens with two attached hydrogens (primary N) is 1. The van der Waals surface area contributed by atoms with Gasteiger partial charge >= 0.3 is 0 Å². The van der Waals surface area contributed by atoms with Crippen LogP contribution in [0.3, 0.4) is 0 Å². The van der Waals surface area contributed by atoms with Crippen molar-refractivity contribution in [3.63, 3.8) is 0 Å². The Kier molecular flexibility index (Phi) is 11.9. The summed E-state index contributed by atoms with van der Waals surface area (Å²) in [4.78, 5) is 60.5. The summed E-state index contributed by atoms with van der Waals surface area (Å²) in [5, 5.41) is 7.69. The largest absolute Gasteiger partial charge is 0.363 e. The molecular formula is C23H30ClFN4O5. The first-order chi connectivity index (χ1) is 15.9. The Morgan fingerprint density at radius 1 is 1.12 bits per heavy atom. The Bertz CT molecular complexity index is 951. The Hall–Kier alpha value is -3.27. The van der Waals surface area contributed by atoms with Gasteiger partial charge in [0.1, 0.15) is 11.9 Å². The van der Waals surface area contributed by atoms with E-state index in [1.54, 1.807) is 6.92 Å². The molecule has 0 fully saturated rings. The van der Waals surface area contributed by atoms with Crippen molar-refractivity contribution in [1.82, 2.24) is 16.0 Å². The number of carbonyl (C=O) groups excluding carboxylic acids is 5. The zero-order valence-corrected chi connectivity index (χ0v) is 20.1. The van der Waals surface area contributed by atoms with Crippen molar-refractivity contribution in [1.29, 1.82) is 0 Å². The highest BCUT2D eigenvalue weighted by Gasteiger charge is 2.29. The number of benzene rings is 1. The average molecular weight is 497 g/mol. The third-order valence-electron chi connectivity index (χ3n) is 4.63. The van der Waals surface area contributed by atoms with Crippen LogP contribution in [0.2, 0.25) is 5.02 Å². The molecule has 0 saturated carbocycles. The van der Waals surface area contributed by atoms with Gasteiger partial charge in [0.05, 0.1) is 6.04 Å². The maximum atomic E-state index is 13.9. The molecule has 0 bridgehead atoms. The van der Waals surface area contributed by atoms with E-state index in [-0.39, 0.29) is 41.7 Å². The lowest BCUT2D eigenvalue weighted by atomic mass is 10.0. The minimum atomic E-state index is -1.32. The summed E-state index contributed by atoms with van der Waals surface area (Å²) >= 11 is 5.71. The number of ketones is 1. The zero-order valence-electron chi connectivity index (χ0n) is 19.3. The molecule has 4 amide bonds. The first-order valence-electron chi connectivity index (χ1n) is 10.8. The van der Waals surface area contributed by atoms with E-state index in [1.807, 2.05) is 13.8 Å². The fourth-order valence-corrected chi connectivity index (χ4v) is 3.16. The van der Waals surface area contributed by atoms with Gasteiger partial charge in [0.2, 0.25) is 23.5 Å². The standard InChI is InChI=1S/C23H30ClFN4O5/c1-4-27-19(30)10-8-17(21(32)22(26)33)29-23(34)18(11-13(2)3)28-20(31)9-6-14-5-7-15(24)12-16(14)25/h5-7,9,12-13,17-18H,4,8,10-11H2,1-3H3,(H2,26,33)(H,27,30)(H,28,31)(H,29,34)/b9-6+. The van der Waals surface area contributed by atoms with Crippen LogP contribution < -0.4 is 21.7 Å². The van der Waals surface area contributed by atoms with Gasteiger partial charge in [-0.1, -0.05) is 31.5 Å². The number of hydrogen-bond acceptors (Lipinski definition) is 5. The van der Waals surface area contributed by atoms with Gasteiger partial charge in [-0.2, -0.15) is 0 Å². The molecule has 0 aromatic heterocycles. The molecule has 5 N–H and O–H groups in total. The molecule has 0 radical (unpaired) electrons. The van der Waals surface area contributed by atoms with Gasteiger partial charge in [-0.05, 0) is 43.9 Å². The van der Waals surface area contributed by atoms with E-state index in [4.69, 9.17) is 17.3 Å². The fourth-order valence-electron chi connectivity index (χ4n) is 3.00. The number of hydrogen-bond donors (Lipinski definition) is 4. The van der Waals surface area contributed by atoms with Gasteiger partial charge in [-0.3, -0.25) is 24.0 Å². The zero-order chi connectivity index (χ0) is 25.8. The predicted octanol–water partition coefficient (Wildman–Crippen LogP) is 1.48. The molecule has 0 aliphatic rings. The van der Waals surface area contributed by atoms with Crippen LogP contribution in [0.25, 0.3) is 6.08 Å². The molecule has 0 heterocycles. The normalized spacial score (nSPS) is 12.8. The number of nitrogens with one attached hydrogen (secondary N) is 3. The smallest absolute Gasteiger partial charge is 0.287 e. The second-order valence-electron chi connectivity index (χ2n) is 7.97. The summed E-state index contributed by atoms with van der Waals surface area (Å²) in [5.74, 6) is -4.68. The van der Waals surface area contributed by atoms with E-state index < -0.39 is 41.4 Å². The summed E-state index contributed by atoms with van der Waals surface area (Å²) in [7, 11) is 0.